The van der Waals surface area contributed by atoms with E-state index in [4.69, 9.17) is 4.74 Å². The van der Waals surface area contributed by atoms with Crippen molar-refractivity contribution in [3.05, 3.63) is 77.9 Å². The number of hydrogen-bond acceptors (Lipinski definition) is 1. The zero-order chi connectivity index (χ0) is 13.5. The predicted molar refractivity (Wildman–Crippen MR) is 80.4 cm³/mol. The van der Waals surface area contributed by atoms with Crippen LogP contribution in [-0.2, 0) is 13.0 Å². The minimum Gasteiger partial charge on any atom is -0.489 e. The van der Waals surface area contributed by atoms with E-state index in [-0.39, 0.29) is 0 Å². The van der Waals surface area contributed by atoms with Gasteiger partial charge in [0.15, 0.2) is 0 Å². The van der Waals surface area contributed by atoms with Crippen LogP contribution in [0.2, 0.25) is 0 Å². The third-order valence-electron chi connectivity index (χ3n) is 3.01. The molecule has 0 bridgehead atoms. The highest BCUT2D eigenvalue weighted by Crippen LogP contribution is 2.16. The molecule has 1 nitrogen and oxygen atoms in total. The highest BCUT2D eigenvalue weighted by Gasteiger charge is 1.97. The van der Waals surface area contributed by atoms with E-state index < -0.39 is 0 Å². The van der Waals surface area contributed by atoms with Crippen LogP contribution in [0.15, 0.2) is 66.7 Å². The van der Waals surface area contributed by atoms with Gasteiger partial charge in [-0.3, -0.25) is 0 Å². The van der Waals surface area contributed by atoms with Gasteiger partial charge in [0, 0.05) is 0 Å². The fourth-order valence-corrected chi connectivity index (χ4v) is 1.85. The summed E-state index contributed by atoms with van der Waals surface area (Å²) in [6.45, 7) is 6.61. The summed E-state index contributed by atoms with van der Waals surface area (Å²) in [6, 6.07) is 18.5. The molecule has 0 unspecified atom stereocenters. The zero-order valence-electron chi connectivity index (χ0n) is 11.4. The summed E-state index contributed by atoms with van der Waals surface area (Å²) >= 11 is 0. The summed E-state index contributed by atoms with van der Waals surface area (Å²) in [4.78, 5) is 0. The molecule has 0 atom stereocenters. The summed E-state index contributed by atoms with van der Waals surface area (Å²) in [5.74, 6) is 0.919. The Bertz CT molecular complexity index is 511. The first-order valence-corrected chi connectivity index (χ1v) is 6.64. The van der Waals surface area contributed by atoms with E-state index in [2.05, 4.69) is 37.8 Å². The van der Waals surface area contributed by atoms with E-state index in [1.807, 2.05) is 30.3 Å². The second-order valence-corrected chi connectivity index (χ2v) is 4.88. The highest BCUT2D eigenvalue weighted by molar-refractivity contribution is 5.28. The van der Waals surface area contributed by atoms with E-state index in [1.165, 1.54) is 16.7 Å². The summed E-state index contributed by atoms with van der Waals surface area (Å²) in [7, 11) is 0. The van der Waals surface area contributed by atoms with Gasteiger partial charge in [-0.1, -0.05) is 48.0 Å². The average Bonchev–Trinajstić information content (AvgIpc) is 2.45. The lowest BCUT2D eigenvalue weighted by Gasteiger charge is -2.07. The van der Waals surface area contributed by atoms with Crippen molar-refractivity contribution in [1.82, 2.24) is 0 Å². The molecule has 0 aliphatic rings. The molecular formula is C18H20O. The first-order chi connectivity index (χ1) is 9.24. The van der Waals surface area contributed by atoms with Gasteiger partial charge in [-0.25, -0.2) is 0 Å². The van der Waals surface area contributed by atoms with E-state index in [9.17, 15) is 0 Å². The van der Waals surface area contributed by atoms with Crippen LogP contribution in [-0.4, -0.2) is 0 Å². The van der Waals surface area contributed by atoms with Crippen molar-refractivity contribution in [2.45, 2.75) is 26.4 Å². The minimum atomic E-state index is 0.617. The summed E-state index contributed by atoms with van der Waals surface area (Å²) < 4.78 is 5.76. The van der Waals surface area contributed by atoms with Crippen molar-refractivity contribution in [1.29, 1.82) is 0 Å². The molecule has 0 aliphatic carbocycles. The van der Waals surface area contributed by atoms with Gasteiger partial charge >= 0.3 is 0 Å². The molecule has 2 rings (SSSR count). The Hall–Kier alpha value is -2.02. The maximum absolute atomic E-state index is 5.76. The molecule has 0 aliphatic heterocycles. The smallest absolute Gasteiger partial charge is 0.119 e. The number of ether oxygens (including phenoxy) is 1. The standard InChI is InChI=1S/C18H20O/c1-15(2)8-9-16-10-12-18(13-11-16)19-14-17-6-4-3-5-7-17/h3-7,10-13H,1,8-9,14H2,2H3. The molecule has 0 radical (unpaired) electrons. The van der Waals surface area contributed by atoms with Gasteiger partial charge in [0.1, 0.15) is 12.4 Å². The van der Waals surface area contributed by atoms with Gasteiger partial charge in [-0.05, 0) is 43.0 Å². The molecule has 0 saturated carbocycles. The fourth-order valence-electron chi connectivity index (χ4n) is 1.85. The third-order valence-corrected chi connectivity index (χ3v) is 3.01. The van der Waals surface area contributed by atoms with Crippen molar-refractivity contribution in [2.75, 3.05) is 0 Å². The topological polar surface area (TPSA) is 9.23 Å². The molecule has 0 aromatic heterocycles. The largest absolute Gasteiger partial charge is 0.489 e. The molecule has 98 valence electrons. The lowest BCUT2D eigenvalue weighted by molar-refractivity contribution is 0.306. The quantitative estimate of drug-likeness (QED) is 0.673. The van der Waals surface area contributed by atoms with E-state index in [1.54, 1.807) is 0 Å². The van der Waals surface area contributed by atoms with Gasteiger partial charge < -0.3 is 4.74 Å². The van der Waals surface area contributed by atoms with Crippen LogP contribution in [0.4, 0.5) is 0 Å². The fraction of sp³-hybridized carbons (Fsp3) is 0.222. The predicted octanol–water partition coefficient (Wildman–Crippen LogP) is 4.77. The SMILES string of the molecule is C=C(C)CCc1ccc(OCc2ccccc2)cc1. The van der Waals surface area contributed by atoms with Crippen LogP contribution < -0.4 is 4.74 Å². The number of benzene rings is 2. The molecule has 0 spiro atoms. The Labute approximate surface area is 115 Å². The molecule has 0 heterocycles. The molecular weight excluding hydrogens is 232 g/mol. The lowest BCUT2D eigenvalue weighted by atomic mass is 10.1. The second-order valence-electron chi connectivity index (χ2n) is 4.88. The molecule has 0 amide bonds. The Morgan fingerprint density at radius 2 is 1.63 bits per heavy atom. The van der Waals surface area contributed by atoms with Crippen LogP contribution in [0.3, 0.4) is 0 Å². The molecule has 0 N–H and O–H groups in total. The molecule has 1 heteroatoms. The first kappa shape index (κ1) is 13.4. The first-order valence-electron chi connectivity index (χ1n) is 6.64. The normalized spacial score (nSPS) is 10.2. The minimum absolute atomic E-state index is 0.617. The van der Waals surface area contributed by atoms with Crippen LogP contribution in [0.5, 0.6) is 5.75 Å². The number of allylic oxidation sites excluding steroid dienone is 1. The van der Waals surface area contributed by atoms with Gasteiger partial charge in [-0.2, -0.15) is 0 Å². The van der Waals surface area contributed by atoms with E-state index in [0.717, 1.165) is 18.6 Å². The van der Waals surface area contributed by atoms with Crippen molar-refractivity contribution in [2.24, 2.45) is 0 Å². The molecule has 2 aromatic rings. The lowest BCUT2D eigenvalue weighted by Crippen LogP contribution is -1.95. The summed E-state index contributed by atoms with van der Waals surface area (Å²) in [6.07, 6.45) is 2.10. The van der Waals surface area contributed by atoms with Gasteiger partial charge in [0.2, 0.25) is 0 Å². The van der Waals surface area contributed by atoms with Crippen molar-refractivity contribution in [3.63, 3.8) is 0 Å². The molecule has 0 saturated heterocycles. The Morgan fingerprint density at radius 3 is 2.26 bits per heavy atom. The monoisotopic (exact) mass is 252 g/mol. The highest BCUT2D eigenvalue weighted by atomic mass is 16.5. The van der Waals surface area contributed by atoms with Crippen LogP contribution in [0.1, 0.15) is 24.5 Å². The van der Waals surface area contributed by atoms with Gasteiger partial charge in [-0.15, -0.1) is 6.58 Å². The maximum atomic E-state index is 5.76. The zero-order valence-corrected chi connectivity index (χ0v) is 11.4. The molecule has 0 fully saturated rings. The molecule has 2 aromatic carbocycles. The third kappa shape index (κ3) is 4.63. The van der Waals surface area contributed by atoms with Crippen molar-refractivity contribution >= 4 is 0 Å². The van der Waals surface area contributed by atoms with Crippen LogP contribution >= 0.6 is 0 Å². The Kier molecular flexibility index (Phi) is 4.79. The van der Waals surface area contributed by atoms with E-state index >= 15 is 0 Å². The van der Waals surface area contributed by atoms with Crippen LogP contribution in [0.25, 0.3) is 0 Å². The second kappa shape index (κ2) is 6.79. The average molecular weight is 252 g/mol. The molecule has 19 heavy (non-hydrogen) atoms. The van der Waals surface area contributed by atoms with E-state index in [0.29, 0.717) is 6.61 Å². The van der Waals surface area contributed by atoms with Crippen molar-refractivity contribution in [3.8, 4) is 5.75 Å². The Balaban J connectivity index is 1.86. The van der Waals surface area contributed by atoms with Gasteiger partial charge in [0.05, 0.1) is 0 Å². The summed E-state index contributed by atoms with van der Waals surface area (Å²) in [5.41, 5.74) is 3.74. The van der Waals surface area contributed by atoms with Gasteiger partial charge in [0.25, 0.3) is 0 Å². The Morgan fingerprint density at radius 1 is 0.947 bits per heavy atom. The number of aryl methyl sites for hydroxylation is 1. The van der Waals surface area contributed by atoms with Crippen molar-refractivity contribution < 1.29 is 4.74 Å². The number of hydrogen-bond donors (Lipinski definition) is 0. The maximum Gasteiger partial charge on any atom is 0.119 e. The number of rotatable bonds is 6. The van der Waals surface area contributed by atoms with Crippen LogP contribution in [0, 0.1) is 0 Å². The summed E-state index contributed by atoms with van der Waals surface area (Å²) in [5, 5.41) is 0.